The highest BCUT2D eigenvalue weighted by molar-refractivity contribution is 6.19. The van der Waals surface area contributed by atoms with Crippen LogP contribution in [0.1, 0.15) is 41.0 Å². The fourth-order valence-corrected chi connectivity index (χ4v) is 3.60. The molecule has 0 fully saturated rings. The van der Waals surface area contributed by atoms with Crippen molar-refractivity contribution in [2.75, 3.05) is 0 Å². The molecule has 0 aromatic carbocycles. The number of carbonyl (C=O) groups excluding carboxylic acids is 2. The molecule has 0 spiro atoms. The molecule has 28 heavy (non-hydrogen) atoms. The molecule has 3 atom stereocenters. The largest absolute Gasteiger partial charge is 0.465 e. The third kappa shape index (κ3) is 3.42. The zero-order valence-corrected chi connectivity index (χ0v) is 16.9. The predicted octanol–water partition coefficient (Wildman–Crippen LogP) is 3.84. The second-order valence-corrected chi connectivity index (χ2v) is 7.71. The Balaban J connectivity index is 1.97. The summed E-state index contributed by atoms with van der Waals surface area (Å²) < 4.78 is 11.0. The number of Topliss-reactive ketones (excluding diaryl/α,β-unsaturated/α-hetero) is 1. The monoisotopic (exact) mass is 382 g/mol. The second kappa shape index (κ2) is 7.40. The highest BCUT2D eigenvalue weighted by Gasteiger charge is 2.53. The Morgan fingerprint density at radius 3 is 2.71 bits per heavy atom. The molecule has 3 rings (SSSR count). The fourth-order valence-electron chi connectivity index (χ4n) is 3.60. The smallest absolute Gasteiger partial charge is 0.343 e. The molecular formula is C23H26O5. The van der Waals surface area contributed by atoms with E-state index in [1.165, 1.54) is 13.2 Å². The first-order chi connectivity index (χ1) is 13.2. The number of hydrogen-bond acceptors (Lipinski definition) is 5. The van der Waals surface area contributed by atoms with Crippen LogP contribution in [0.3, 0.4) is 0 Å². The first-order valence-electron chi connectivity index (χ1n) is 9.51. The SMILES string of the molecule is CC[C@H](C)/C=C(\C)C=CC1=CC2=CC3=C(C(C)=O)C(=O)O[C@@]3(C)[C@H](O)C2=CO1. The zero-order chi connectivity index (χ0) is 20.6. The molecule has 2 heterocycles. The van der Waals surface area contributed by atoms with E-state index in [1.54, 1.807) is 19.1 Å². The van der Waals surface area contributed by atoms with E-state index >= 15 is 0 Å². The van der Waals surface area contributed by atoms with Gasteiger partial charge in [-0.15, -0.1) is 0 Å². The molecule has 1 aliphatic carbocycles. The van der Waals surface area contributed by atoms with E-state index in [1.807, 2.05) is 19.1 Å². The highest BCUT2D eigenvalue weighted by atomic mass is 16.6. The Morgan fingerprint density at radius 2 is 2.07 bits per heavy atom. The van der Waals surface area contributed by atoms with Gasteiger partial charge in [0.25, 0.3) is 0 Å². The highest BCUT2D eigenvalue weighted by Crippen LogP contribution is 2.46. The van der Waals surface area contributed by atoms with Crippen molar-refractivity contribution in [3.63, 3.8) is 0 Å². The topological polar surface area (TPSA) is 72.8 Å². The number of ketones is 1. The van der Waals surface area contributed by atoms with Gasteiger partial charge in [-0.2, -0.15) is 0 Å². The molecule has 3 aliphatic rings. The summed E-state index contributed by atoms with van der Waals surface area (Å²) in [7, 11) is 0. The maximum absolute atomic E-state index is 12.2. The van der Waals surface area contributed by atoms with Crippen LogP contribution in [-0.4, -0.2) is 28.6 Å². The molecule has 0 saturated carbocycles. The average Bonchev–Trinajstić information content (AvgIpc) is 2.90. The molecule has 0 unspecified atom stereocenters. The second-order valence-electron chi connectivity index (χ2n) is 7.71. The van der Waals surface area contributed by atoms with Gasteiger partial charge in [0.2, 0.25) is 0 Å². The molecule has 5 nitrogen and oxygen atoms in total. The predicted molar refractivity (Wildman–Crippen MR) is 106 cm³/mol. The number of fused-ring (bicyclic) bond motifs is 2. The van der Waals surface area contributed by atoms with E-state index in [0.717, 1.165) is 12.0 Å². The molecule has 0 radical (unpaired) electrons. The van der Waals surface area contributed by atoms with Crippen LogP contribution in [0.25, 0.3) is 0 Å². The number of esters is 1. The van der Waals surface area contributed by atoms with E-state index in [0.29, 0.717) is 28.4 Å². The van der Waals surface area contributed by atoms with Gasteiger partial charge in [-0.25, -0.2) is 4.79 Å². The molecule has 148 valence electrons. The molecule has 1 N–H and O–H groups in total. The minimum absolute atomic E-state index is 0.00239. The van der Waals surface area contributed by atoms with Crippen molar-refractivity contribution in [3.8, 4) is 0 Å². The number of aliphatic hydroxyl groups excluding tert-OH is 1. The quantitative estimate of drug-likeness (QED) is 0.444. The van der Waals surface area contributed by atoms with Crippen LogP contribution in [0.2, 0.25) is 0 Å². The summed E-state index contributed by atoms with van der Waals surface area (Å²) in [6, 6.07) is 0. The summed E-state index contributed by atoms with van der Waals surface area (Å²) in [4.78, 5) is 24.1. The minimum atomic E-state index is -1.28. The lowest BCUT2D eigenvalue weighted by atomic mass is 9.76. The maximum atomic E-state index is 12.2. The molecule has 0 amide bonds. The summed E-state index contributed by atoms with van der Waals surface area (Å²) in [6.45, 7) is 9.28. The normalized spacial score (nSPS) is 28.1. The van der Waals surface area contributed by atoms with E-state index in [4.69, 9.17) is 9.47 Å². The summed E-state index contributed by atoms with van der Waals surface area (Å²) in [5, 5.41) is 10.8. The lowest BCUT2D eigenvalue weighted by Gasteiger charge is -2.37. The molecular weight excluding hydrogens is 356 g/mol. The Bertz CT molecular complexity index is 909. The van der Waals surface area contributed by atoms with E-state index < -0.39 is 17.7 Å². The molecule has 5 heteroatoms. The first-order valence-corrected chi connectivity index (χ1v) is 9.51. The Hall–Kier alpha value is -2.66. The number of ether oxygens (including phenoxy) is 2. The van der Waals surface area contributed by atoms with Crippen LogP contribution in [0, 0.1) is 5.92 Å². The third-order valence-electron chi connectivity index (χ3n) is 5.44. The van der Waals surface area contributed by atoms with Crippen LogP contribution in [0.4, 0.5) is 0 Å². The lowest BCUT2D eigenvalue weighted by molar-refractivity contribution is -0.152. The maximum Gasteiger partial charge on any atom is 0.343 e. The van der Waals surface area contributed by atoms with Crippen molar-refractivity contribution in [2.24, 2.45) is 5.92 Å². The summed E-state index contributed by atoms with van der Waals surface area (Å²) in [5.74, 6) is 0.0409. The van der Waals surface area contributed by atoms with Crippen molar-refractivity contribution in [3.05, 3.63) is 70.3 Å². The molecule has 2 aliphatic heterocycles. The average molecular weight is 382 g/mol. The zero-order valence-electron chi connectivity index (χ0n) is 16.9. The van der Waals surface area contributed by atoms with Crippen LogP contribution in [0.15, 0.2) is 70.3 Å². The van der Waals surface area contributed by atoms with Crippen molar-refractivity contribution in [2.45, 2.75) is 52.7 Å². The van der Waals surface area contributed by atoms with Crippen molar-refractivity contribution >= 4 is 11.8 Å². The van der Waals surface area contributed by atoms with E-state index in [9.17, 15) is 14.7 Å². The number of aliphatic hydroxyl groups is 1. The Kier molecular flexibility index (Phi) is 5.31. The number of carbonyl (C=O) groups is 2. The van der Waals surface area contributed by atoms with Gasteiger partial charge >= 0.3 is 5.97 Å². The standard InChI is InChI=1S/C23H26O5/c1-6-13(2)9-14(3)7-8-17-10-16-11-19-20(15(4)24)22(26)28-23(19,5)21(25)18(16)12-27-17/h7-13,21,25H,6H2,1-5H3/b8-7?,14-9+/t13-,21+,23+/m0/s1. The van der Waals surface area contributed by atoms with Gasteiger partial charge < -0.3 is 14.6 Å². The van der Waals surface area contributed by atoms with Crippen LogP contribution < -0.4 is 0 Å². The van der Waals surface area contributed by atoms with Gasteiger partial charge in [0.15, 0.2) is 11.4 Å². The molecule has 0 aromatic rings. The third-order valence-corrected chi connectivity index (χ3v) is 5.44. The van der Waals surface area contributed by atoms with Gasteiger partial charge in [0, 0.05) is 11.1 Å². The van der Waals surface area contributed by atoms with Crippen molar-refractivity contribution in [1.82, 2.24) is 0 Å². The van der Waals surface area contributed by atoms with Gasteiger partial charge in [-0.1, -0.05) is 38.0 Å². The molecule has 0 saturated heterocycles. The number of allylic oxidation sites excluding steroid dienone is 5. The van der Waals surface area contributed by atoms with Gasteiger partial charge in [0.05, 0.1) is 6.26 Å². The van der Waals surface area contributed by atoms with E-state index in [2.05, 4.69) is 19.9 Å². The van der Waals surface area contributed by atoms with Crippen LogP contribution in [-0.2, 0) is 19.1 Å². The van der Waals surface area contributed by atoms with E-state index in [-0.39, 0.29) is 11.4 Å². The van der Waals surface area contributed by atoms with Crippen molar-refractivity contribution in [1.29, 1.82) is 0 Å². The van der Waals surface area contributed by atoms with Gasteiger partial charge in [-0.05, 0) is 50.5 Å². The Morgan fingerprint density at radius 1 is 1.36 bits per heavy atom. The van der Waals surface area contributed by atoms with Gasteiger partial charge in [0.1, 0.15) is 17.4 Å². The lowest BCUT2D eigenvalue weighted by Crippen LogP contribution is -2.45. The summed E-state index contributed by atoms with van der Waals surface area (Å²) in [6.07, 6.45) is 11.0. The number of hydrogen-bond donors (Lipinski definition) is 1. The van der Waals surface area contributed by atoms with Crippen LogP contribution >= 0.6 is 0 Å². The molecule has 0 aromatic heterocycles. The van der Waals surface area contributed by atoms with Gasteiger partial charge in [-0.3, -0.25) is 4.79 Å². The summed E-state index contributed by atoms with van der Waals surface area (Å²) in [5.41, 5.74) is 1.49. The van der Waals surface area contributed by atoms with Crippen molar-refractivity contribution < 1.29 is 24.2 Å². The molecule has 0 bridgehead atoms. The van der Waals surface area contributed by atoms with Crippen LogP contribution in [0.5, 0.6) is 0 Å². The fraction of sp³-hybridized carbons (Fsp3) is 0.391. The first kappa shape index (κ1) is 20.1. The Labute approximate surface area is 165 Å². The number of rotatable bonds is 5. The minimum Gasteiger partial charge on any atom is -0.465 e. The summed E-state index contributed by atoms with van der Waals surface area (Å²) >= 11 is 0.